The molecule has 5 heteroatoms. The van der Waals surface area contributed by atoms with Crippen LogP contribution in [0.15, 0.2) is 35.7 Å². The van der Waals surface area contributed by atoms with E-state index >= 15 is 0 Å². The SMILES string of the molecule is CN(C)Cc1nc(CC(=O)N2CCC(Cc3ccccc3)CC2)cs1. The zero-order valence-electron chi connectivity index (χ0n) is 15.1. The summed E-state index contributed by atoms with van der Waals surface area (Å²) in [6.07, 6.45) is 3.77. The molecule has 1 aromatic heterocycles. The number of piperidine rings is 1. The van der Waals surface area contributed by atoms with Crippen LogP contribution in [0.3, 0.4) is 0 Å². The molecule has 1 aromatic carbocycles. The molecule has 1 aliphatic heterocycles. The lowest BCUT2D eigenvalue weighted by Gasteiger charge is -2.32. The van der Waals surface area contributed by atoms with Crippen LogP contribution in [0.5, 0.6) is 0 Å². The van der Waals surface area contributed by atoms with Crippen LogP contribution in [0, 0.1) is 5.92 Å². The summed E-state index contributed by atoms with van der Waals surface area (Å²) in [6, 6.07) is 10.7. The highest BCUT2D eigenvalue weighted by Gasteiger charge is 2.23. The Hall–Kier alpha value is -1.72. The molecule has 0 N–H and O–H groups in total. The smallest absolute Gasteiger partial charge is 0.228 e. The first-order chi connectivity index (χ1) is 12.1. The topological polar surface area (TPSA) is 36.4 Å². The van der Waals surface area contributed by atoms with E-state index in [0.29, 0.717) is 12.3 Å². The zero-order valence-corrected chi connectivity index (χ0v) is 16.0. The fourth-order valence-corrected chi connectivity index (χ4v) is 4.28. The Morgan fingerprint density at radius 1 is 1.24 bits per heavy atom. The minimum absolute atomic E-state index is 0.222. The summed E-state index contributed by atoms with van der Waals surface area (Å²) in [6.45, 7) is 2.60. The number of hydrogen-bond acceptors (Lipinski definition) is 4. The molecule has 0 atom stereocenters. The molecule has 0 radical (unpaired) electrons. The maximum absolute atomic E-state index is 12.5. The molecule has 3 rings (SSSR count). The number of hydrogen-bond donors (Lipinski definition) is 0. The third-order valence-electron chi connectivity index (χ3n) is 4.72. The molecule has 25 heavy (non-hydrogen) atoms. The van der Waals surface area contributed by atoms with Crippen molar-refractivity contribution in [2.75, 3.05) is 27.2 Å². The van der Waals surface area contributed by atoms with Gasteiger partial charge in [-0.25, -0.2) is 4.98 Å². The van der Waals surface area contributed by atoms with Gasteiger partial charge in [0.05, 0.1) is 12.1 Å². The van der Waals surface area contributed by atoms with Gasteiger partial charge in [0, 0.05) is 25.0 Å². The number of likely N-dealkylation sites (tertiary alicyclic amines) is 1. The average Bonchev–Trinajstić information content (AvgIpc) is 3.02. The van der Waals surface area contributed by atoms with E-state index in [9.17, 15) is 4.79 Å². The second-order valence-corrected chi connectivity index (χ2v) is 8.10. The van der Waals surface area contributed by atoms with Crippen molar-refractivity contribution in [3.63, 3.8) is 0 Å². The Kier molecular flexibility index (Phi) is 6.21. The third kappa shape index (κ3) is 5.38. The van der Waals surface area contributed by atoms with Gasteiger partial charge in [-0.1, -0.05) is 30.3 Å². The summed E-state index contributed by atoms with van der Waals surface area (Å²) in [4.78, 5) is 21.2. The van der Waals surface area contributed by atoms with Gasteiger partial charge in [-0.2, -0.15) is 0 Å². The second-order valence-electron chi connectivity index (χ2n) is 7.16. The van der Waals surface area contributed by atoms with E-state index in [1.165, 1.54) is 5.56 Å². The molecule has 1 fully saturated rings. The van der Waals surface area contributed by atoms with Gasteiger partial charge < -0.3 is 9.80 Å². The predicted molar refractivity (Wildman–Crippen MR) is 103 cm³/mol. The highest BCUT2D eigenvalue weighted by atomic mass is 32.1. The monoisotopic (exact) mass is 357 g/mol. The van der Waals surface area contributed by atoms with E-state index in [4.69, 9.17) is 0 Å². The summed E-state index contributed by atoms with van der Waals surface area (Å²) >= 11 is 1.64. The highest BCUT2D eigenvalue weighted by Crippen LogP contribution is 2.22. The molecule has 134 valence electrons. The summed E-state index contributed by atoms with van der Waals surface area (Å²) in [5, 5.41) is 3.10. The van der Waals surface area contributed by atoms with E-state index in [1.807, 2.05) is 24.4 Å². The van der Waals surface area contributed by atoms with Crippen LogP contribution < -0.4 is 0 Å². The minimum atomic E-state index is 0.222. The van der Waals surface area contributed by atoms with Crippen molar-refractivity contribution in [3.8, 4) is 0 Å². The summed E-state index contributed by atoms with van der Waals surface area (Å²) in [5.74, 6) is 0.914. The van der Waals surface area contributed by atoms with Crippen molar-refractivity contribution in [1.29, 1.82) is 0 Å². The molecule has 0 saturated carbocycles. The number of carbonyl (C=O) groups excluding carboxylic acids is 1. The van der Waals surface area contributed by atoms with E-state index in [2.05, 4.69) is 40.2 Å². The van der Waals surface area contributed by atoms with Crippen molar-refractivity contribution in [3.05, 3.63) is 52.0 Å². The quantitative estimate of drug-likeness (QED) is 0.796. The van der Waals surface area contributed by atoms with Crippen LogP contribution in [0.2, 0.25) is 0 Å². The van der Waals surface area contributed by atoms with Crippen LogP contribution in [-0.2, 0) is 24.2 Å². The predicted octanol–water partition coefficient (Wildman–Crippen LogP) is 3.23. The van der Waals surface area contributed by atoms with Crippen molar-refractivity contribution in [2.24, 2.45) is 5.92 Å². The molecule has 2 aromatic rings. The number of rotatable bonds is 6. The molecule has 4 nitrogen and oxygen atoms in total. The first kappa shape index (κ1) is 18.1. The van der Waals surface area contributed by atoms with Crippen LogP contribution in [0.1, 0.15) is 29.1 Å². The molecule has 0 spiro atoms. The van der Waals surface area contributed by atoms with E-state index in [-0.39, 0.29) is 5.91 Å². The van der Waals surface area contributed by atoms with Gasteiger partial charge in [-0.05, 0) is 44.8 Å². The van der Waals surface area contributed by atoms with Gasteiger partial charge >= 0.3 is 0 Å². The first-order valence-electron chi connectivity index (χ1n) is 9.00. The van der Waals surface area contributed by atoms with Crippen molar-refractivity contribution in [2.45, 2.75) is 32.2 Å². The summed E-state index contributed by atoms with van der Waals surface area (Å²) in [5.41, 5.74) is 2.32. The number of carbonyl (C=O) groups is 1. The summed E-state index contributed by atoms with van der Waals surface area (Å²) in [7, 11) is 4.07. The zero-order chi connectivity index (χ0) is 17.6. The Bertz CT molecular complexity index is 675. The van der Waals surface area contributed by atoms with E-state index < -0.39 is 0 Å². The molecule has 1 amide bonds. The van der Waals surface area contributed by atoms with Crippen LogP contribution in [0.25, 0.3) is 0 Å². The molecule has 1 saturated heterocycles. The Labute approximate surface area is 154 Å². The normalized spacial score (nSPS) is 15.7. The Balaban J connectivity index is 1.46. The minimum Gasteiger partial charge on any atom is -0.342 e. The van der Waals surface area contributed by atoms with Gasteiger partial charge in [-0.15, -0.1) is 11.3 Å². The molecular weight excluding hydrogens is 330 g/mol. The van der Waals surface area contributed by atoms with Gasteiger partial charge in [-0.3, -0.25) is 4.79 Å². The maximum atomic E-state index is 12.5. The standard InChI is InChI=1S/C20H27N3OS/c1-22(2)14-19-21-18(15-25-19)13-20(24)23-10-8-17(9-11-23)12-16-6-4-3-5-7-16/h3-7,15,17H,8-14H2,1-2H3. The first-order valence-corrected chi connectivity index (χ1v) is 9.88. The maximum Gasteiger partial charge on any atom is 0.228 e. The van der Waals surface area contributed by atoms with Gasteiger partial charge in [0.1, 0.15) is 5.01 Å². The van der Waals surface area contributed by atoms with Crippen LogP contribution in [0.4, 0.5) is 0 Å². The number of thiazole rings is 1. The lowest BCUT2D eigenvalue weighted by Crippen LogP contribution is -2.39. The van der Waals surface area contributed by atoms with Gasteiger partial charge in [0.15, 0.2) is 0 Å². The van der Waals surface area contributed by atoms with Crippen molar-refractivity contribution in [1.82, 2.24) is 14.8 Å². The number of aromatic nitrogens is 1. The van der Waals surface area contributed by atoms with Crippen LogP contribution >= 0.6 is 11.3 Å². The Morgan fingerprint density at radius 3 is 2.64 bits per heavy atom. The van der Waals surface area contributed by atoms with E-state index in [1.54, 1.807) is 11.3 Å². The molecule has 1 aliphatic rings. The fraction of sp³-hybridized carbons (Fsp3) is 0.500. The lowest BCUT2D eigenvalue weighted by molar-refractivity contribution is -0.131. The largest absolute Gasteiger partial charge is 0.342 e. The highest BCUT2D eigenvalue weighted by molar-refractivity contribution is 7.09. The Morgan fingerprint density at radius 2 is 1.96 bits per heavy atom. The second kappa shape index (κ2) is 8.59. The molecular formula is C20H27N3OS. The van der Waals surface area contributed by atoms with Crippen molar-refractivity contribution >= 4 is 17.2 Å². The van der Waals surface area contributed by atoms with Gasteiger partial charge in [0.2, 0.25) is 5.91 Å². The third-order valence-corrected chi connectivity index (χ3v) is 5.60. The molecule has 2 heterocycles. The number of benzene rings is 1. The fourth-order valence-electron chi connectivity index (χ4n) is 3.37. The molecule has 0 bridgehead atoms. The van der Waals surface area contributed by atoms with Gasteiger partial charge in [0.25, 0.3) is 0 Å². The number of amides is 1. The van der Waals surface area contributed by atoms with E-state index in [0.717, 1.165) is 49.6 Å². The molecule has 0 aliphatic carbocycles. The average molecular weight is 358 g/mol. The number of nitrogens with zero attached hydrogens (tertiary/aromatic N) is 3. The molecule has 0 unspecified atom stereocenters. The van der Waals surface area contributed by atoms with Crippen LogP contribution in [-0.4, -0.2) is 47.9 Å². The lowest BCUT2D eigenvalue weighted by atomic mass is 9.90. The van der Waals surface area contributed by atoms with Crippen molar-refractivity contribution < 1.29 is 4.79 Å². The summed E-state index contributed by atoms with van der Waals surface area (Å²) < 4.78 is 0.